The van der Waals surface area contributed by atoms with Gasteiger partial charge in [0.25, 0.3) is 0 Å². The molecule has 0 saturated carbocycles. The maximum Gasteiger partial charge on any atom is 0.229 e. The van der Waals surface area contributed by atoms with Crippen LogP contribution in [0.15, 0.2) is 46.9 Å². The molecule has 0 saturated heterocycles. The molecule has 0 fully saturated rings. The number of hydrogen-bond acceptors (Lipinski definition) is 3. The van der Waals surface area contributed by atoms with Gasteiger partial charge in [-0.2, -0.15) is 0 Å². The highest BCUT2D eigenvalue weighted by Gasteiger charge is 2.02. The van der Waals surface area contributed by atoms with Crippen LogP contribution in [0.25, 0.3) is 0 Å². The second kappa shape index (κ2) is 5.85. The molecule has 2 aromatic rings. The number of aryl methyl sites for hydroxylation is 1. The van der Waals surface area contributed by atoms with Crippen molar-refractivity contribution in [1.29, 1.82) is 0 Å². The Kier molecular flexibility index (Phi) is 4.35. The Morgan fingerprint density at radius 2 is 1.50 bits per heavy atom. The first-order valence-corrected chi connectivity index (χ1v) is 8.63. The van der Waals surface area contributed by atoms with Gasteiger partial charge in [0.2, 0.25) is 10.0 Å². The quantitative estimate of drug-likeness (QED) is 0.875. The normalized spacial score (nSPS) is 11.2. The molecule has 20 heavy (non-hydrogen) atoms. The summed E-state index contributed by atoms with van der Waals surface area (Å²) in [5.74, 6) is 0. The minimum atomic E-state index is -3.24. The summed E-state index contributed by atoms with van der Waals surface area (Å²) in [4.78, 5) is 0. The minimum Gasteiger partial charge on any atom is -0.355 e. The van der Waals surface area contributed by atoms with Gasteiger partial charge in [0.15, 0.2) is 0 Å². The summed E-state index contributed by atoms with van der Waals surface area (Å²) in [5, 5.41) is 3.25. The third-order valence-electron chi connectivity index (χ3n) is 2.65. The zero-order valence-corrected chi connectivity index (χ0v) is 13.5. The number of sulfonamides is 1. The summed E-state index contributed by atoms with van der Waals surface area (Å²) in [6.07, 6.45) is 1.13. The largest absolute Gasteiger partial charge is 0.355 e. The van der Waals surface area contributed by atoms with Crippen molar-refractivity contribution < 1.29 is 8.42 Å². The smallest absolute Gasteiger partial charge is 0.229 e. The lowest BCUT2D eigenvalue weighted by Crippen LogP contribution is -2.09. The topological polar surface area (TPSA) is 58.2 Å². The predicted molar refractivity (Wildman–Crippen MR) is 87.1 cm³/mol. The first-order valence-electron chi connectivity index (χ1n) is 5.94. The third kappa shape index (κ3) is 4.25. The Morgan fingerprint density at radius 1 is 0.950 bits per heavy atom. The molecule has 0 amide bonds. The number of nitrogens with one attached hydrogen (secondary N) is 2. The molecule has 4 nitrogen and oxygen atoms in total. The van der Waals surface area contributed by atoms with Crippen molar-refractivity contribution in [3.63, 3.8) is 0 Å². The molecular formula is C14H15BrN2O2S. The Labute approximate surface area is 127 Å². The molecule has 0 aliphatic carbocycles. The van der Waals surface area contributed by atoms with Crippen LogP contribution in [-0.4, -0.2) is 14.7 Å². The standard InChI is InChI=1S/C14H15BrN2O2S/c1-10-3-4-13(9-14(10)15)16-11-5-7-12(8-6-11)17-20(2,18)19/h3-9,16-17H,1-2H3. The molecule has 0 spiro atoms. The van der Waals surface area contributed by atoms with E-state index >= 15 is 0 Å². The first-order chi connectivity index (χ1) is 9.33. The fourth-order valence-electron chi connectivity index (χ4n) is 1.67. The second-order valence-electron chi connectivity index (χ2n) is 4.54. The van der Waals surface area contributed by atoms with Crippen LogP contribution in [0.5, 0.6) is 0 Å². The average molecular weight is 355 g/mol. The van der Waals surface area contributed by atoms with Crippen LogP contribution in [0.2, 0.25) is 0 Å². The molecule has 0 aromatic heterocycles. The number of rotatable bonds is 4. The molecule has 6 heteroatoms. The summed E-state index contributed by atoms with van der Waals surface area (Å²) >= 11 is 3.49. The fourth-order valence-corrected chi connectivity index (χ4v) is 2.62. The van der Waals surface area contributed by atoms with E-state index in [-0.39, 0.29) is 0 Å². The molecule has 0 atom stereocenters. The van der Waals surface area contributed by atoms with Gasteiger partial charge in [0.05, 0.1) is 6.26 Å². The lowest BCUT2D eigenvalue weighted by Gasteiger charge is -2.09. The van der Waals surface area contributed by atoms with Crippen LogP contribution in [-0.2, 0) is 10.0 Å². The van der Waals surface area contributed by atoms with Crippen molar-refractivity contribution in [3.05, 3.63) is 52.5 Å². The van der Waals surface area contributed by atoms with Gasteiger partial charge in [-0.25, -0.2) is 8.42 Å². The molecular weight excluding hydrogens is 340 g/mol. The number of anilines is 3. The van der Waals surface area contributed by atoms with Gasteiger partial charge >= 0.3 is 0 Å². The van der Waals surface area contributed by atoms with Gasteiger partial charge in [-0.3, -0.25) is 4.72 Å². The zero-order valence-electron chi connectivity index (χ0n) is 11.1. The number of halogens is 1. The third-order valence-corrected chi connectivity index (χ3v) is 4.11. The van der Waals surface area contributed by atoms with Crippen molar-refractivity contribution >= 4 is 43.0 Å². The Bertz CT molecular complexity index is 712. The summed E-state index contributed by atoms with van der Waals surface area (Å²) in [5.41, 5.74) is 3.57. The van der Waals surface area contributed by atoms with Gasteiger partial charge < -0.3 is 5.32 Å². The molecule has 2 N–H and O–H groups in total. The maximum atomic E-state index is 11.1. The molecule has 0 heterocycles. The molecule has 106 valence electrons. The molecule has 2 rings (SSSR count). The van der Waals surface area contributed by atoms with E-state index < -0.39 is 10.0 Å². The van der Waals surface area contributed by atoms with E-state index in [0.29, 0.717) is 5.69 Å². The van der Waals surface area contributed by atoms with Gasteiger partial charge in [-0.15, -0.1) is 0 Å². The molecule has 0 aliphatic heterocycles. The van der Waals surface area contributed by atoms with Crippen LogP contribution in [0.3, 0.4) is 0 Å². The molecule has 2 aromatic carbocycles. The fraction of sp³-hybridized carbons (Fsp3) is 0.143. The SMILES string of the molecule is Cc1ccc(Nc2ccc(NS(C)(=O)=O)cc2)cc1Br. The van der Waals surface area contributed by atoms with Crippen LogP contribution in [0, 0.1) is 6.92 Å². The Hall–Kier alpha value is -1.53. The first kappa shape index (κ1) is 14.9. The molecule has 0 bridgehead atoms. The highest BCUT2D eigenvalue weighted by Crippen LogP contribution is 2.24. The average Bonchev–Trinajstić information content (AvgIpc) is 2.35. The Balaban J connectivity index is 2.12. The van der Waals surface area contributed by atoms with E-state index in [1.165, 1.54) is 5.56 Å². The van der Waals surface area contributed by atoms with E-state index in [9.17, 15) is 8.42 Å². The molecule has 0 radical (unpaired) electrons. The lowest BCUT2D eigenvalue weighted by atomic mass is 10.2. The van der Waals surface area contributed by atoms with Crippen molar-refractivity contribution in [2.24, 2.45) is 0 Å². The van der Waals surface area contributed by atoms with Gasteiger partial charge in [-0.1, -0.05) is 22.0 Å². The van der Waals surface area contributed by atoms with Crippen LogP contribution in [0.1, 0.15) is 5.56 Å². The van der Waals surface area contributed by atoms with Gasteiger partial charge in [-0.05, 0) is 48.9 Å². The monoisotopic (exact) mass is 354 g/mol. The lowest BCUT2D eigenvalue weighted by molar-refractivity contribution is 0.607. The van der Waals surface area contributed by atoms with Crippen molar-refractivity contribution in [1.82, 2.24) is 0 Å². The summed E-state index contributed by atoms with van der Waals surface area (Å²) in [6, 6.07) is 13.1. The van der Waals surface area contributed by atoms with Crippen molar-refractivity contribution in [2.45, 2.75) is 6.92 Å². The van der Waals surface area contributed by atoms with Gasteiger partial charge in [0.1, 0.15) is 0 Å². The maximum absolute atomic E-state index is 11.1. The van der Waals surface area contributed by atoms with E-state index in [1.807, 2.05) is 37.3 Å². The van der Waals surface area contributed by atoms with Crippen LogP contribution >= 0.6 is 15.9 Å². The van der Waals surface area contributed by atoms with Crippen molar-refractivity contribution in [2.75, 3.05) is 16.3 Å². The van der Waals surface area contributed by atoms with E-state index in [0.717, 1.165) is 22.1 Å². The predicted octanol–water partition coefficient (Wildman–Crippen LogP) is 3.87. The van der Waals surface area contributed by atoms with E-state index in [4.69, 9.17) is 0 Å². The number of benzene rings is 2. The van der Waals surface area contributed by atoms with E-state index in [1.54, 1.807) is 12.1 Å². The molecule has 0 aliphatic rings. The minimum absolute atomic E-state index is 0.545. The van der Waals surface area contributed by atoms with Crippen molar-refractivity contribution in [3.8, 4) is 0 Å². The van der Waals surface area contributed by atoms with E-state index in [2.05, 4.69) is 26.0 Å². The molecule has 0 unspecified atom stereocenters. The summed E-state index contributed by atoms with van der Waals surface area (Å²) in [6.45, 7) is 2.03. The second-order valence-corrected chi connectivity index (χ2v) is 7.14. The summed E-state index contributed by atoms with van der Waals surface area (Å²) in [7, 11) is -3.24. The zero-order chi connectivity index (χ0) is 14.8. The number of hydrogen-bond donors (Lipinski definition) is 2. The highest BCUT2D eigenvalue weighted by atomic mass is 79.9. The van der Waals surface area contributed by atoms with Crippen LogP contribution in [0.4, 0.5) is 17.1 Å². The van der Waals surface area contributed by atoms with Crippen LogP contribution < -0.4 is 10.0 Å². The van der Waals surface area contributed by atoms with Gasteiger partial charge in [0, 0.05) is 21.5 Å². The summed E-state index contributed by atoms with van der Waals surface area (Å²) < 4.78 is 25.7. The Morgan fingerprint density at radius 3 is 2.05 bits per heavy atom. The highest BCUT2D eigenvalue weighted by molar-refractivity contribution is 9.10.